The molecule has 0 atom stereocenters. The molecule has 0 aliphatic carbocycles. The molecule has 0 spiro atoms. The first kappa shape index (κ1) is 42.8. The zero-order valence-electron chi connectivity index (χ0n) is 9.64. The Balaban J connectivity index is -0.0000000243. The minimum atomic E-state index is -5.68. The second kappa shape index (κ2) is 22.1. The van der Waals surface area contributed by atoms with E-state index in [4.69, 9.17) is 11.5 Å². The minimum absolute atomic E-state index is 0. The van der Waals surface area contributed by atoms with E-state index in [0.29, 0.717) is 13.1 Å². The fraction of sp³-hybridized carbons (Fsp3) is 1.00. The second-order valence-corrected chi connectivity index (χ2v) is 4.00. The molecule has 0 rings (SSSR count). The molecule has 18 heavy (non-hydrogen) atoms. The monoisotopic (exact) mass is 511 g/mol. The Bertz CT molecular complexity index is 201. The van der Waals surface area contributed by atoms with Crippen LogP contribution in [-0.2, 0) is 34.5 Å². The molecular formula is C2H12N2Na2O9P2Pt. The molecule has 8 N–H and O–H groups in total. The zero-order chi connectivity index (χ0) is 11.1. The van der Waals surface area contributed by atoms with Crippen LogP contribution in [0.5, 0.6) is 0 Å². The van der Waals surface area contributed by atoms with Gasteiger partial charge in [0.2, 0.25) is 0 Å². The van der Waals surface area contributed by atoms with Gasteiger partial charge < -0.3 is 55.4 Å². The van der Waals surface area contributed by atoms with Gasteiger partial charge in [-0.15, -0.1) is 0 Å². The number of hydrogen-bond donors (Lipinski definition) is 2. The van der Waals surface area contributed by atoms with Crippen molar-refractivity contribution >= 4 is 15.6 Å². The third-order valence-electron chi connectivity index (χ3n) is 0.367. The molecule has 106 valence electrons. The van der Waals surface area contributed by atoms with Gasteiger partial charge in [-0.3, -0.25) is 0 Å². The van der Waals surface area contributed by atoms with Gasteiger partial charge in [0.15, 0.2) is 0 Å². The third kappa shape index (κ3) is 62.0. The van der Waals surface area contributed by atoms with Gasteiger partial charge in [0.05, 0.1) is 15.6 Å². The molecule has 0 fully saturated rings. The van der Waals surface area contributed by atoms with Crippen molar-refractivity contribution in [3.63, 3.8) is 0 Å². The Morgan fingerprint density at radius 3 is 1.00 bits per heavy atom. The Morgan fingerprint density at radius 1 is 0.833 bits per heavy atom. The summed E-state index contributed by atoms with van der Waals surface area (Å²) in [7, 11) is -11.4. The Morgan fingerprint density at radius 2 is 1.00 bits per heavy atom. The van der Waals surface area contributed by atoms with Crippen LogP contribution >= 0.6 is 15.6 Å². The van der Waals surface area contributed by atoms with Gasteiger partial charge in [-0.2, -0.15) is 0 Å². The largest absolute Gasteiger partial charge is 2.00 e. The van der Waals surface area contributed by atoms with Crippen molar-refractivity contribution in [3.8, 4) is 0 Å². The van der Waals surface area contributed by atoms with Gasteiger partial charge in [-0.05, 0) is 0 Å². The van der Waals surface area contributed by atoms with Crippen LogP contribution in [0.2, 0.25) is 0 Å². The summed E-state index contributed by atoms with van der Waals surface area (Å²) < 4.78 is 21.2. The SMILES string of the molecule is NCCN.O.O.O=P([O-])([O-])OP(=O)([O-])[O-].[Na+].[Na+].[Pt+2]. The van der Waals surface area contributed by atoms with Gasteiger partial charge in [0.1, 0.15) is 0 Å². The van der Waals surface area contributed by atoms with Gasteiger partial charge in [-0.25, -0.2) is 0 Å². The van der Waals surface area contributed by atoms with E-state index < -0.39 is 15.6 Å². The topological polar surface area (TPSA) is 251 Å². The van der Waals surface area contributed by atoms with Crippen molar-refractivity contribution in [2.45, 2.75) is 0 Å². The number of phosphoric acid groups is 2. The number of rotatable bonds is 3. The van der Waals surface area contributed by atoms with Crippen LogP contribution in [-0.4, -0.2) is 24.0 Å². The zero-order valence-corrected chi connectivity index (χ0v) is 17.7. The van der Waals surface area contributed by atoms with E-state index >= 15 is 0 Å². The van der Waals surface area contributed by atoms with Crippen molar-refractivity contribution in [1.29, 1.82) is 0 Å². The fourth-order valence-electron chi connectivity index (χ4n) is 0.122. The summed E-state index contributed by atoms with van der Waals surface area (Å²) in [6.45, 7) is 1.19. The van der Waals surface area contributed by atoms with Crippen molar-refractivity contribution in [3.05, 3.63) is 0 Å². The van der Waals surface area contributed by atoms with E-state index in [-0.39, 0.29) is 91.1 Å². The van der Waals surface area contributed by atoms with E-state index in [1.165, 1.54) is 0 Å². The van der Waals surface area contributed by atoms with E-state index in [2.05, 4.69) is 4.31 Å². The summed E-state index contributed by atoms with van der Waals surface area (Å²) in [5.41, 5.74) is 9.81. The third-order valence-corrected chi connectivity index (χ3v) is 1.97. The van der Waals surface area contributed by atoms with E-state index in [1.807, 2.05) is 0 Å². The molecule has 0 aliphatic rings. The Kier molecular flexibility index (Phi) is 52.5. The maximum atomic E-state index is 9.32. The molecule has 11 nitrogen and oxygen atoms in total. The molecule has 0 heterocycles. The van der Waals surface area contributed by atoms with Crippen molar-refractivity contribution < 1.29 is 124 Å². The van der Waals surface area contributed by atoms with Crippen LogP contribution in [0.4, 0.5) is 0 Å². The molecule has 0 aromatic heterocycles. The quantitative estimate of drug-likeness (QED) is 0.269. The summed E-state index contributed by atoms with van der Waals surface area (Å²) in [4.78, 5) is 37.3. The molecular weight excluding hydrogens is 499 g/mol. The van der Waals surface area contributed by atoms with Crippen LogP contribution in [0.25, 0.3) is 0 Å². The van der Waals surface area contributed by atoms with Crippen molar-refractivity contribution in [2.75, 3.05) is 13.1 Å². The average Bonchev–Trinajstić information content (AvgIpc) is 1.80. The fourth-order valence-corrected chi connectivity index (χ4v) is 1.10. The number of hydrogen-bond acceptors (Lipinski definition) is 9. The average molecular weight is 511 g/mol. The van der Waals surface area contributed by atoms with E-state index in [1.54, 1.807) is 0 Å². The van der Waals surface area contributed by atoms with Gasteiger partial charge >= 0.3 is 80.2 Å². The molecule has 0 amide bonds. The first-order valence-corrected chi connectivity index (χ1v) is 5.70. The van der Waals surface area contributed by atoms with Crippen molar-refractivity contribution in [1.82, 2.24) is 0 Å². The van der Waals surface area contributed by atoms with E-state index in [0.717, 1.165) is 0 Å². The summed E-state index contributed by atoms with van der Waals surface area (Å²) in [6, 6.07) is 0. The minimum Gasteiger partial charge on any atom is -0.790 e. The summed E-state index contributed by atoms with van der Waals surface area (Å²) in [6.07, 6.45) is 0. The normalized spacial score (nSPS) is 8.56. The summed E-state index contributed by atoms with van der Waals surface area (Å²) >= 11 is 0. The Labute approximate surface area is 162 Å². The van der Waals surface area contributed by atoms with Crippen LogP contribution in [0.1, 0.15) is 0 Å². The maximum absolute atomic E-state index is 9.32. The molecule has 16 heteroatoms. The first-order valence-electron chi connectivity index (χ1n) is 2.78. The van der Waals surface area contributed by atoms with Crippen LogP contribution in [0.3, 0.4) is 0 Å². The standard InChI is InChI=1S/C2H8N2.2Na.H4O7P2.2H2O.Pt/c3-1-2-4;;;1-8(2,3)7-9(4,5)6;;;/h1-4H2;;;(H2,1,2,3)(H2,4,5,6);2*1H2;/q;2*+1;;;;+2/p-4. The van der Waals surface area contributed by atoms with Gasteiger partial charge in [0, 0.05) is 13.1 Å². The molecule has 0 aliphatic heterocycles. The van der Waals surface area contributed by atoms with Crippen molar-refractivity contribution in [2.24, 2.45) is 11.5 Å². The van der Waals surface area contributed by atoms with E-state index in [9.17, 15) is 28.7 Å². The smallest absolute Gasteiger partial charge is 0.790 e. The summed E-state index contributed by atoms with van der Waals surface area (Å²) in [5.74, 6) is 0. The van der Waals surface area contributed by atoms with Gasteiger partial charge in [-0.1, -0.05) is 0 Å². The molecule has 0 aromatic carbocycles. The molecule has 0 bridgehead atoms. The first-order chi connectivity index (χ1) is 5.62. The molecule has 0 saturated carbocycles. The summed E-state index contributed by atoms with van der Waals surface area (Å²) in [5, 5.41) is 0. The molecule has 0 unspecified atom stereocenters. The Hall–Kier alpha value is 2.79. The van der Waals surface area contributed by atoms with Crippen LogP contribution < -0.4 is 90.2 Å². The predicted molar refractivity (Wildman–Crippen MR) is 41.6 cm³/mol. The maximum Gasteiger partial charge on any atom is 2.00 e. The number of nitrogens with two attached hydrogens (primary N) is 2. The molecule has 0 radical (unpaired) electrons. The van der Waals surface area contributed by atoms with Crippen LogP contribution in [0.15, 0.2) is 0 Å². The second-order valence-electron chi connectivity index (χ2n) is 1.55. The molecule has 0 saturated heterocycles. The molecule has 0 aromatic rings. The predicted octanol–water partition coefficient (Wildman–Crippen LogP) is -12.1. The van der Waals surface area contributed by atoms with Crippen LogP contribution in [0, 0.1) is 0 Å². The van der Waals surface area contributed by atoms with Gasteiger partial charge in [0.25, 0.3) is 0 Å².